The third kappa shape index (κ3) is 0.980. The molecule has 0 aromatic carbocycles. The maximum atomic E-state index is 11.7. The van der Waals surface area contributed by atoms with Gasteiger partial charge >= 0.3 is 11.9 Å². The molecule has 1 aliphatic carbocycles. The van der Waals surface area contributed by atoms with Crippen LogP contribution in [0.5, 0.6) is 0 Å². The topological polar surface area (TPSA) is 100 Å². The fraction of sp³-hybridized carbons (Fsp3) is 0.636. The van der Waals surface area contributed by atoms with E-state index in [0.717, 1.165) is 14.2 Å². The van der Waals surface area contributed by atoms with Gasteiger partial charge in [0.15, 0.2) is 10.8 Å². The van der Waals surface area contributed by atoms with Crippen LogP contribution in [0.1, 0.15) is 13.8 Å². The SMILES string of the molecule is COC(=O)[C@@]1(C#N)C(C)(C)[C@]1(C#N)C(=O)OC. The van der Waals surface area contributed by atoms with E-state index in [1.807, 2.05) is 0 Å². The van der Waals surface area contributed by atoms with Gasteiger partial charge in [0, 0.05) is 5.41 Å². The van der Waals surface area contributed by atoms with Crippen LogP contribution in [0, 0.1) is 38.9 Å². The quantitative estimate of drug-likeness (QED) is 0.643. The second-order valence-electron chi connectivity index (χ2n) is 4.33. The molecule has 0 radical (unpaired) electrons. The predicted octanol–water partition coefficient (Wildman–Crippen LogP) is 0.392. The Morgan fingerprint density at radius 2 is 1.24 bits per heavy atom. The highest BCUT2D eigenvalue weighted by molar-refractivity contribution is 6.02. The summed E-state index contributed by atoms with van der Waals surface area (Å²) in [6.45, 7) is 2.99. The number of nitrogens with zero attached hydrogens (tertiary/aromatic N) is 2. The molecule has 17 heavy (non-hydrogen) atoms. The number of esters is 2. The Hall–Kier alpha value is -2.08. The van der Waals surface area contributed by atoms with Crippen LogP contribution in [0.25, 0.3) is 0 Å². The van der Waals surface area contributed by atoms with Gasteiger partial charge in [0.1, 0.15) is 0 Å². The molecule has 6 heteroatoms. The summed E-state index contributed by atoms with van der Waals surface area (Å²) in [6, 6.07) is 3.51. The third-order valence-electron chi connectivity index (χ3n) is 3.69. The summed E-state index contributed by atoms with van der Waals surface area (Å²) >= 11 is 0. The van der Waals surface area contributed by atoms with Gasteiger partial charge in [-0.15, -0.1) is 0 Å². The van der Waals surface area contributed by atoms with Crippen LogP contribution in [0.15, 0.2) is 0 Å². The number of ether oxygens (including phenoxy) is 2. The van der Waals surface area contributed by atoms with Gasteiger partial charge in [-0.25, -0.2) is 0 Å². The zero-order valence-corrected chi connectivity index (χ0v) is 10.0. The average Bonchev–Trinajstić information content (AvgIpc) is 2.78. The maximum Gasteiger partial charge on any atom is 0.329 e. The van der Waals surface area contributed by atoms with Gasteiger partial charge in [0.2, 0.25) is 0 Å². The van der Waals surface area contributed by atoms with Crippen molar-refractivity contribution in [1.82, 2.24) is 0 Å². The van der Waals surface area contributed by atoms with Gasteiger partial charge in [-0.05, 0) is 0 Å². The fourth-order valence-corrected chi connectivity index (χ4v) is 2.54. The number of carbonyl (C=O) groups excluding carboxylic acids is 2. The molecule has 0 unspecified atom stereocenters. The van der Waals surface area contributed by atoms with Crippen LogP contribution in [0.2, 0.25) is 0 Å². The molecule has 0 saturated heterocycles. The van der Waals surface area contributed by atoms with Crippen molar-refractivity contribution < 1.29 is 19.1 Å². The Kier molecular flexibility index (Phi) is 2.64. The van der Waals surface area contributed by atoms with Crippen LogP contribution in [0.3, 0.4) is 0 Å². The molecule has 0 bridgehead atoms. The molecule has 0 heterocycles. The lowest BCUT2D eigenvalue weighted by atomic mass is 9.95. The summed E-state index contributed by atoms with van der Waals surface area (Å²) < 4.78 is 9.07. The molecule has 1 aliphatic rings. The summed E-state index contributed by atoms with van der Waals surface area (Å²) in [6.07, 6.45) is 0. The first kappa shape index (κ1) is 13.0. The number of methoxy groups -OCH3 is 2. The van der Waals surface area contributed by atoms with Gasteiger partial charge in [0.25, 0.3) is 0 Å². The molecule has 1 rings (SSSR count). The second kappa shape index (κ2) is 3.46. The molecule has 1 fully saturated rings. The lowest BCUT2D eigenvalue weighted by molar-refractivity contribution is -0.153. The molecule has 0 spiro atoms. The summed E-state index contributed by atoms with van der Waals surface area (Å²) in [5.74, 6) is -1.78. The maximum absolute atomic E-state index is 11.7. The van der Waals surface area contributed by atoms with Crippen LogP contribution in [0.4, 0.5) is 0 Å². The smallest absolute Gasteiger partial charge is 0.329 e. The lowest BCUT2D eigenvalue weighted by Gasteiger charge is -2.09. The molecule has 0 N–H and O–H groups in total. The second-order valence-corrected chi connectivity index (χ2v) is 4.33. The van der Waals surface area contributed by atoms with Crippen molar-refractivity contribution in [2.45, 2.75) is 13.8 Å². The van der Waals surface area contributed by atoms with Crippen molar-refractivity contribution in [3.05, 3.63) is 0 Å². The largest absolute Gasteiger partial charge is 0.468 e. The predicted molar refractivity (Wildman–Crippen MR) is 53.9 cm³/mol. The molecular formula is C11H12N2O4. The summed E-state index contributed by atoms with van der Waals surface area (Å²) in [4.78, 5) is 23.5. The van der Waals surface area contributed by atoms with E-state index in [4.69, 9.17) is 0 Å². The molecule has 90 valence electrons. The van der Waals surface area contributed by atoms with E-state index in [-0.39, 0.29) is 0 Å². The summed E-state index contributed by atoms with van der Waals surface area (Å²) in [7, 11) is 2.21. The van der Waals surface area contributed by atoms with Gasteiger partial charge in [-0.3, -0.25) is 9.59 Å². The van der Waals surface area contributed by atoms with Gasteiger partial charge in [0.05, 0.1) is 26.4 Å². The normalized spacial score (nSPS) is 32.8. The first-order valence-electron chi connectivity index (χ1n) is 4.83. The minimum Gasteiger partial charge on any atom is -0.468 e. The molecule has 1 saturated carbocycles. The molecule has 0 amide bonds. The standard InChI is InChI=1S/C11H12N2O4/c1-9(2)10(5-12,7(14)16-3)11(9,6-13)8(15)17-4/h1-4H3/t10-,11-/m0/s1. The van der Waals surface area contributed by atoms with Gasteiger partial charge in [-0.1, -0.05) is 13.8 Å². The van der Waals surface area contributed by atoms with Gasteiger partial charge < -0.3 is 9.47 Å². The van der Waals surface area contributed by atoms with Crippen molar-refractivity contribution in [3.63, 3.8) is 0 Å². The monoisotopic (exact) mass is 236 g/mol. The molecule has 0 aliphatic heterocycles. The number of hydrogen-bond donors (Lipinski definition) is 0. The first-order valence-corrected chi connectivity index (χ1v) is 4.83. The summed E-state index contributed by atoms with van der Waals surface area (Å²) in [5.41, 5.74) is -4.77. The van der Waals surface area contributed by atoms with E-state index >= 15 is 0 Å². The Labute approximate surface area is 98.7 Å². The number of hydrogen-bond acceptors (Lipinski definition) is 6. The van der Waals surface area contributed by atoms with Crippen LogP contribution < -0.4 is 0 Å². The van der Waals surface area contributed by atoms with E-state index < -0.39 is 28.2 Å². The third-order valence-corrected chi connectivity index (χ3v) is 3.69. The highest BCUT2D eigenvalue weighted by atomic mass is 16.5. The van der Waals surface area contributed by atoms with Gasteiger partial charge in [-0.2, -0.15) is 10.5 Å². The van der Waals surface area contributed by atoms with E-state index in [2.05, 4.69) is 9.47 Å². The molecule has 0 aromatic heterocycles. The highest BCUT2D eigenvalue weighted by Gasteiger charge is 2.93. The van der Waals surface area contributed by atoms with Crippen LogP contribution >= 0.6 is 0 Å². The number of carbonyl (C=O) groups is 2. The highest BCUT2D eigenvalue weighted by Crippen LogP contribution is 2.78. The molecule has 6 nitrogen and oxygen atoms in total. The zero-order valence-electron chi connectivity index (χ0n) is 10.0. The average molecular weight is 236 g/mol. The fourth-order valence-electron chi connectivity index (χ4n) is 2.54. The Morgan fingerprint density at radius 1 is 0.941 bits per heavy atom. The zero-order chi connectivity index (χ0) is 13.5. The first-order chi connectivity index (χ1) is 7.83. The minimum atomic E-state index is -1.81. The Balaban J connectivity index is 3.49. The van der Waals surface area contributed by atoms with Crippen molar-refractivity contribution in [1.29, 1.82) is 10.5 Å². The molecule has 2 atom stereocenters. The summed E-state index contributed by atoms with van der Waals surface area (Å²) in [5, 5.41) is 18.4. The molecular weight excluding hydrogens is 224 g/mol. The van der Waals surface area contributed by atoms with E-state index in [0.29, 0.717) is 0 Å². The van der Waals surface area contributed by atoms with Crippen LogP contribution in [-0.4, -0.2) is 26.2 Å². The van der Waals surface area contributed by atoms with Crippen molar-refractivity contribution in [2.75, 3.05) is 14.2 Å². The van der Waals surface area contributed by atoms with E-state index in [1.54, 1.807) is 12.1 Å². The van der Waals surface area contributed by atoms with Crippen molar-refractivity contribution >= 4 is 11.9 Å². The minimum absolute atomic E-state index is 0.892. The van der Waals surface area contributed by atoms with E-state index in [1.165, 1.54) is 13.8 Å². The Morgan fingerprint density at radius 3 is 1.41 bits per heavy atom. The van der Waals surface area contributed by atoms with E-state index in [9.17, 15) is 20.1 Å². The Bertz CT molecular complexity index is 429. The number of rotatable bonds is 2. The van der Waals surface area contributed by atoms with Crippen molar-refractivity contribution in [3.8, 4) is 12.1 Å². The molecule has 0 aromatic rings. The number of nitriles is 2. The van der Waals surface area contributed by atoms with Crippen molar-refractivity contribution in [2.24, 2.45) is 16.2 Å². The van der Waals surface area contributed by atoms with Crippen LogP contribution in [-0.2, 0) is 19.1 Å². The lowest BCUT2D eigenvalue weighted by Crippen LogP contribution is -2.29.